The van der Waals surface area contributed by atoms with E-state index < -0.39 is 52.9 Å². The minimum absolute atomic E-state index is 0.260. The molecule has 0 radical (unpaired) electrons. The van der Waals surface area contributed by atoms with Gasteiger partial charge in [0, 0.05) is 0 Å². The van der Waals surface area contributed by atoms with Crippen molar-refractivity contribution in [2.24, 2.45) is 41.4 Å². The van der Waals surface area contributed by atoms with Gasteiger partial charge in [0.15, 0.2) is 0 Å². The molecule has 7 heteroatoms. The van der Waals surface area contributed by atoms with E-state index in [1.807, 2.05) is 0 Å². The SMILES string of the molecule is O=C(O)[C@@H]1[C@H]2C=C[C@@H]([C@@H]1C(=O)O)[C@@H]1[C@H](C(=O)O)[C@@H](Cl)[C@@H]21. The van der Waals surface area contributed by atoms with Gasteiger partial charge in [0.25, 0.3) is 0 Å². The molecule has 4 aliphatic carbocycles. The van der Waals surface area contributed by atoms with Gasteiger partial charge in [-0.25, -0.2) is 0 Å². The summed E-state index contributed by atoms with van der Waals surface area (Å²) in [6.45, 7) is 0. The molecule has 0 saturated heterocycles. The largest absolute Gasteiger partial charge is 0.481 e. The summed E-state index contributed by atoms with van der Waals surface area (Å²) < 4.78 is 0. The summed E-state index contributed by atoms with van der Waals surface area (Å²) in [4.78, 5) is 34.1. The molecule has 0 aromatic heterocycles. The summed E-state index contributed by atoms with van der Waals surface area (Å²) in [5.74, 6) is -7.98. The van der Waals surface area contributed by atoms with E-state index in [2.05, 4.69) is 0 Å². The van der Waals surface area contributed by atoms with Gasteiger partial charge in [-0.2, -0.15) is 0 Å². The van der Waals surface area contributed by atoms with E-state index in [0.29, 0.717) is 0 Å². The lowest BCUT2D eigenvalue weighted by atomic mass is 9.43. The molecule has 0 aromatic rings. The number of hydrogen-bond acceptors (Lipinski definition) is 3. The molecule has 20 heavy (non-hydrogen) atoms. The molecule has 2 bridgehead atoms. The van der Waals surface area contributed by atoms with Crippen LogP contribution in [-0.2, 0) is 14.4 Å². The van der Waals surface area contributed by atoms with Crippen molar-refractivity contribution in [3.05, 3.63) is 12.2 Å². The zero-order valence-electron chi connectivity index (χ0n) is 10.2. The quantitative estimate of drug-likeness (QED) is 0.524. The molecule has 4 aliphatic rings. The number of rotatable bonds is 3. The fourth-order valence-electron chi connectivity index (χ4n) is 4.37. The van der Waals surface area contributed by atoms with E-state index >= 15 is 0 Å². The Hall–Kier alpha value is -1.56. The zero-order chi connectivity index (χ0) is 14.8. The van der Waals surface area contributed by atoms with Crippen molar-refractivity contribution >= 4 is 29.5 Å². The fourth-order valence-corrected chi connectivity index (χ4v) is 4.98. The Labute approximate surface area is 119 Å². The number of allylic oxidation sites excluding steroid dienone is 2. The van der Waals surface area contributed by atoms with Crippen molar-refractivity contribution in [3.63, 3.8) is 0 Å². The van der Waals surface area contributed by atoms with E-state index in [0.717, 1.165) is 0 Å². The first-order valence-electron chi connectivity index (χ1n) is 6.37. The highest BCUT2D eigenvalue weighted by molar-refractivity contribution is 6.23. The highest BCUT2D eigenvalue weighted by atomic mass is 35.5. The Kier molecular flexibility index (Phi) is 2.83. The molecular formula is C13H13ClO6. The van der Waals surface area contributed by atoms with Crippen LogP contribution in [0.15, 0.2) is 12.2 Å². The summed E-state index contributed by atoms with van der Waals surface area (Å²) in [5.41, 5.74) is 0. The number of aliphatic carboxylic acids is 3. The molecular weight excluding hydrogens is 288 g/mol. The number of halogens is 1. The van der Waals surface area contributed by atoms with E-state index in [1.54, 1.807) is 12.2 Å². The van der Waals surface area contributed by atoms with Crippen LogP contribution in [0.5, 0.6) is 0 Å². The van der Waals surface area contributed by atoms with Crippen molar-refractivity contribution in [1.82, 2.24) is 0 Å². The van der Waals surface area contributed by atoms with E-state index in [1.165, 1.54) is 0 Å². The number of hydrogen-bond donors (Lipinski definition) is 3. The van der Waals surface area contributed by atoms with Crippen molar-refractivity contribution in [3.8, 4) is 0 Å². The van der Waals surface area contributed by atoms with Gasteiger partial charge in [-0.3, -0.25) is 14.4 Å². The van der Waals surface area contributed by atoms with E-state index in [-0.39, 0.29) is 11.8 Å². The van der Waals surface area contributed by atoms with Crippen molar-refractivity contribution in [1.29, 1.82) is 0 Å². The van der Waals surface area contributed by atoms with Gasteiger partial charge in [-0.15, -0.1) is 11.6 Å². The van der Waals surface area contributed by atoms with Crippen LogP contribution in [0, 0.1) is 41.4 Å². The second-order valence-electron chi connectivity index (χ2n) is 5.73. The second-order valence-corrected chi connectivity index (χ2v) is 6.23. The van der Waals surface area contributed by atoms with Crippen LogP contribution in [0.2, 0.25) is 0 Å². The average molecular weight is 301 g/mol. The first-order valence-corrected chi connectivity index (χ1v) is 6.80. The molecule has 8 atom stereocenters. The van der Waals surface area contributed by atoms with E-state index in [9.17, 15) is 29.7 Å². The van der Waals surface area contributed by atoms with Crippen LogP contribution < -0.4 is 0 Å². The molecule has 0 unspecified atom stereocenters. The molecule has 0 aliphatic heterocycles. The van der Waals surface area contributed by atoms with Gasteiger partial charge < -0.3 is 15.3 Å². The Morgan fingerprint density at radius 3 is 1.55 bits per heavy atom. The highest BCUT2D eigenvalue weighted by Crippen LogP contribution is 2.63. The van der Waals surface area contributed by atoms with Crippen LogP contribution >= 0.6 is 11.6 Å². The fraction of sp³-hybridized carbons (Fsp3) is 0.615. The van der Waals surface area contributed by atoms with Gasteiger partial charge in [0.1, 0.15) is 0 Å². The normalized spacial score (nSPS) is 48.2. The summed E-state index contributed by atoms with van der Waals surface area (Å²) in [6, 6.07) is 0. The lowest BCUT2D eigenvalue weighted by Crippen LogP contribution is -2.66. The maximum absolute atomic E-state index is 11.4. The van der Waals surface area contributed by atoms with Crippen LogP contribution in [0.4, 0.5) is 0 Å². The van der Waals surface area contributed by atoms with Crippen LogP contribution in [-0.4, -0.2) is 38.6 Å². The van der Waals surface area contributed by atoms with Crippen molar-refractivity contribution in [2.75, 3.05) is 0 Å². The Morgan fingerprint density at radius 2 is 1.15 bits per heavy atom. The first kappa shape index (κ1) is 13.4. The smallest absolute Gasteiger partial charge is 0.308 e. The third-order valence-corrected chi connectivity index (χ3v) is 5.65. The van der Waals surface area contributed by atoms with Gasteiger partial charge in [0.2, 0.25) is 0 Å². The summed E-state index contributed by atoms with van der Waals surface area (Å²) in [6.07, 6.45) is 3.38. The standard InChI is InChI=1S/C13H13ClO6/c14-10-6-4-2-1-3(5(6)9(10)13(19)20)7(11(15)16)8(4)12(17)18/h1-10H,(H,15,16)(H,17,18)(H,19,20)/t3-,4+,5+,6+,7+,8-,9+,10+/m1/s1. The Morgan fingerprint density at radius 1 is 0.750 bits per heavy atom. The minimum Gasteiger partial charge on any atom is -0.481 e. The average Bonchev–Trinajstić information content (AvgIpc) is 2.35. The Balaban J connectivity index is 2.02. The van der Waals surface area contributed by atoms with Crippen LogP contribution in [0.1, 0.15) is 0 Å². The molecule has 0 aromatic carbocycles. The molecule has 2 saturated carbocycles. The number of fused-ring (bicyclic) bond motifs is 1. The minimum atomic E-state index is -1.18. The van der Waals surface area contributed by atoms with Crippen LogP contribution in [0.3, 0.4) is 0 Å². The second kappa shape index (κ2) is 4.22. The highest BCUT2D eigenvalue weighted by Gasteiger charge is 2.68. The van der Waals surface area contributed by atoms with Gasteiger partial charge in [0.05, 0.1) is 23.1 Å². The summed E-state index contributed by atoms with van der Waals surface area (Å²) in [5, 5.41) is 27.2. The Bertz CT molecular complexity index is 529. The molecule has 4 rings (SSSR count). The molecule has 3 N–H and O–H groups in total. The zero-order valence-corrected chi connectivity index (χ0v) is 11.0. The maximum Gasteiger partial charge on any atom is 0.308 e. The number of carboxylic acids is 3. The summed E-state index contributed by atoms with van der Waals surface area (Å²) in [7, 11) is 0. The molecule has 108 valence electrons. The van der Waals surface area contributed by atoms with Crippen LogP contribution in [0.25, 0.3) is 0 Å². The molecule has 0 heterocycles. The van der Waals surface area contributed by atoms with Gasteiger partial charge in [-0.05, 0) is 23.7 Å². The van der Waals surface area contributed by atoms with Gasteiger partial charge >= 0.3 is 17.9 Å². The first-order chi connectivity index (χ1) is 9.36. The third-order valence-electron chi connectivity index (χ3n) is 5.09. The predicted molar refractivity (Wildman–Crippen MR) is 66.1 cm³/mol. The molecule has 0 spiro atoms. The molecule has 0 amide bonds. The van der Waals surface area contributed by atoms with Gasteiger partial charge in [-0.1, -0.05) is 12.2 Å². The summed E-state index contributed by atoms with van der Waals surface area (Å²) >= 11 is 6.12. The third kappa shape index (κ3) is 1.48. The lowest BCUT2D eigenvalue weighted by molar-refractivity contribution is -0.182. The van der Waals surface area contributed by atoms with Crippen molar-refractivity contribution < 1.29 is 29.7 Å². The lowest BCUT2D eigenvalue weighted by Gasteiger charge is -2.61. The predicted octanol–water partition coefficient (Wildman–Crippen LogP) is 0.758. The molecule has 2 fully saturated rings. The van der Waals surface area contributed by atoms with E-state index in [4.69, 9.17) is 11.6 Å². The number of carboxylic acid groups (broad SMARTS) is 3. The topological polar surface area (TPSA) is 112 Å². The number of carbonyl (C=O) groups is 3. The van der Waals surface area contributed by atoms with Crippen molar-refractivity contribution in [2.45, 2.75) is 5.38 Å². The molecule has 6 nitrogen and oxygen atoms in total. The maximum atomic E-state index is 11.4. The monoisotopic (exact) mass is 300 g/mol. The number of alkyl halides is 1.